The average molecular weight is 478 g/mol. The van der Waals surface area contributed by atoms with E-state index in [1.54, 1.807) is 7.11 Å². The summed E-state index contributed by atoms with van der Waals surface area (Å²) in [6.45, 7) is 9.92. The minimum Gasteiger partial charge on any atom is -0.469 e. The van der Waals surface area contributed by atoms with Crippen LogP contribution in [0.2, 0.25) is 0 Å². The second-order valence-corrected chi connectivity index (χ2v) is 11.2. The maximum atomic E-state index is 12.8. The van der Waals surface area contributed by atoms with Gasteiger partial charge in [0, 0.05) is 6.04 Å². The number of rotatable bonds is 7. The Labute approximate surface area is 206 Å². The highest BCUT2D eigenvalue weighted by Gasteiger charge is 2.57. The Bertz CT molecular complexity index is 814. The van der Waals surface area contributed by atoms with E-state index in [-0.39, 0.29) is 29.2 Å². The molecule has 4 atom stereocenters. The second-order valence-electron chi connectivity index (χ2n) is 11.2. The fourth-order valence-corrected chi connectivity index (χ4v) is 7.55. The predicted octanol–water partition coefficient (Wildman–Crippen LogP) is 7.01. The van der Waals surface area contributed by atoms with Crippen LogP contribution < -0.4 is 5.32 Å². The molecule has 2 unspecified atom stereocenters. The van der Waals surface area contributed by atoms with E-state index in [0.29, 0.717) is 17.9 Å². The van der Waals surface area contributed by atoms with E-state index in [1.165, 1.54) is 49.7 Å². The molecule has 1 N–H and O–H groups in total. The number of aryl methyl sites for hydroxylation is 1. The van der Waals surface area contributed by atoms with E-state index < -0.39 is 0 Å². The molecule has 33 heavy (non-hydrogen) atoms. The smallest absolute Gasteiger partial charge is 0.311 e. The van der Waals surface area contributed by atoms with Crippen molar-refractivity contribution >= 4 is 18.4 Å². The molecule has 4 rings (SSSR count). The third kappa shape index (κ3) is 5.22. The summed E-state index contributed by atoms with van der Waals surface area (Å²) in [5, 5.41) is 3.73. The van der Waals surface area contributed by atoms with E-state index in [2.05, 4.69) is 31.8 Å². The fourth-order valence-electron chi connectivity index (χ4n) is 7.55. The number of carbonyl (C=O) groups is 1. The van der Waals surface area contributed by atoms with Gasteiger partial charge in [0.25, 0.3) is 0 Å². The van der Waals surface area contributed by atoms with Gasteiger partial charge >= 0.3 is 5.97 Å². The highest BCUT2D eigenvalue weighted by Crippen LogP contribution is 2.62. The minimum absolute atomic E-state index is 0. The molecule has 0 aromatic carbocycles. The number of hydrogen-bond donors (Lipinski definition) is 1. The van der Waals surface area contributed by atoms with Crippen molar-refractivity contribution < 1.29 is 13.9 Å². The molecule has 0 bridgehead atoms. The van der Waals surface area contributed by atoms with Crippen molar-refractivity contribution in [3.63, 3.8) is 0 Å². The number of furan rings is 1. The van der Waals surface area contributed by atoms with E-state index in [1.807, 2.05) is 6.26 Å². The van der Waals surface area contributed by atoms with Crippen molar-refractivity contribution in [1.29, 1.82) is 0 Å². The van der Waals surface area contributed by atoms with Gasteiger partial charge in [-0.05, 0) is 87.2 Å². The van der Waals surface area contributed by atoms with Gasteiger partial charge in [-0.25, -0.2) is 0 Å². The van der Waals surface area contributed by atoms with Crippen LogP contribution in [0.3, 0.4) is 0 Å². The van der Waals surface area contributed by atoms with Crippen LogP contribution in [0, 0.1) is 22.7 Å². The summed E-state index contributed by atoms with van der Waals surface area (Å²) in [6, 6.07) is 2.79. The highest BCUT2D eigenvalue weighted by molar-refractivity contribution is 5.85. The third-order valence-electron chi connectivity index (χ3n) is 9.37. The van der Waals surface area contributed by atoms with Gasteiger partial charge in [-0.1, -0.05) is 44.8 Å². The van der Waals surface area contributed by atoms with Crippen molar-refractivity contribution in [2.45, 2.75) is 103 Å². The topological polar surface area (TPSA) is 51.5 Å². The molecule has 3 saturated carbocycles. The van der Waals surface area contributed by atoms with Crippen molar-refractivity contribution in [2.75, 3.05) is 7.11 Å². The summed E-state index contributed by atoms with van der Waals surface area (Å²) < 4.78 is 11.2. The number of allylic oxidation sites excluding steroid dienone is 1. The van der Waals surface area contributed by atoms with Crippen molar-refractivity contribution in [2.24, 2.45) is 22.7 Å². The Morgan fingerprint density at radius 1 is 1.18 bits per heavy atom. The zero-order chi connectivity index (χ0) is 22.8. The van der Waals surface area contributed by atoms with Gasteiger partial charge in [0.2, 0.25) is 0 Å². The molecule has 3 aliphatic carbocycles. The lowest BCUT2D eigenvalue weighted by atomic mass is 9.46. The Hall–Kier alpha value is -1.26. The summed E-state index contributed by atoms with van der Waals surface area (Å²) >= 11 is 0. The number of fused-ring (bicyclic) bond motifs is 1. The Morgan fingerprint density at radius 3 is 2.67 bits per heavy atom. The molecular weight excluding hydrogens is 434 g/mol. The molecular formula is C28H44ClNO3. The summed E-state index contributed by atoms with van der Waals surface area (Å²) in [6.07, 6.45) is 15.9. The first-order valence-corrected chi connectivity index (χ1v) is 12.9. The van der Waals surface area contributed by atoms with Gasteiger partial charge < -0.3 is 14.5 Å². The molecule has 3 aliphatic rings. The predicted molar refractivity (Wildman–Crippen MR) is 135 cm³/mol. The number of methoxy groups -OCH3 is 1. The fraction of sp³-hybridized carbons (Fsp3) is 0.750. The first kappa shape index (κ1) is 26.3. The summed E-state index contributed by atoms with van der Waals surface area (Å²) in [5.74, 6) is 1.88. The third-order valence-corrected chi connectivity index (χ3v) is 9.37. The molecule has 4 nitrogen and oxygen atoms in total. The normalized spacial score (nSPS) is 32.6. The molecule has 1 heterocycles. The van der Waals surface area contributed by atoms with Gasteiger partial charge in [0.05, 0.1) is 25.3 Å². The van der Waals surface area contributed by atoms with Gasteiger partial charge in [-0.15, -0.1) is 12.4 Å². The molecule has 0 spiro atoms. The number of ether oxygens (including phenoxy) is 1. The molecule has 0 amide bonds. The van der Waals surface area contributed by atoms with Crippen molar-refractivity contribution in [3.8, 4) is 0 Å². The first-order valence-electron chi connectivity index (χ1n) is 12.9. The molecule has 3 fully saturated rings. The zero-order valence-corrected chi connectivity index (χ0v) is 21.7. The van der Waals surface area contributed by atoms with E-state index >= 15 is 0 Å². The van der Waals surface area contributed by atoms with E-state index in [9.17, 15) is 4.79 Å². The minimum atomic E-state index is -0.370. The van der Waals surface area contributed by atoms with Crippen LogP contribution in [0.1, 0.15) is 95.8 Å². The number of carbonyl (C=O) groups excluding carboxylic acids is 1. The average Bonchev–Trinajstić information content (AvgIpc) is 3.24. The number of hydrogen-bond acceptors (Lipinski definition) is 4. The molecule has 0 aliphatic heterocycles. The maximum absolute atomic E-state index is 12.8. The van der Waals surface area contributed by atoms with Crippen LogP contribution >= 0.6 is 12.4 Å². The summed E-state index contributed by atoms with van der Waals surface area (Å²) in [4.78, 5) is 12.8. The maximum Gasteiger partial charge on any atom is 0.311 e. The van der Waals surface area contributed by atoms with Crippen LogP contribution in [0.5, 0.6) is 0 Å². The van der Waals surface area contributed by atoms with Crippen LogP contribution in [-0.2, 0) is 22.5 Å². The lowest BCUT2D eigenvalue weighted by molar-refractivity contribution is -0.168. The van der Waals surface area contributed by atoms with Gasteiger partial charge in [0.1, 0.15) is 5.76 Å². The largest absolute Gasteiger partial charge is 0.469 e. The van der Waals surface area contributed by atoms with Crippen LogP contribution in [0.15, 0.2) is 28.9 Å². The standard InChI is InChI=1S/C28H43NO3.ClH/c1-20-11-14-25-27(2,16-8-17-28(25,3)26(30)31-4)23(20)13-12-21-15-18-32-24(21)19-29-22-9-6-5-7-10-22;/h15,18,22-23,25,29H,1,5-14,16-17,19H2,2-4H3;1H/t23-,25?,27+,28?;/m0./s1. The molecule has 5 heteroatoms. The SMILES string of the molecule is C=C1CCC2C(C)(C(=O)OC)CCC[C@]2(C)[C@H]1CCc1ccoc1CNC1CCCCC1.Cl. The number of nitrogens with one attached hydrogen (secondary N) is 1. The van der Waals surface area contributed by atoms with Crippen LogP contribution in [0.4, 0.5) is 0 Å². The van der Waals surface area contributed by atoms with Gasteiger partial charge in [-0.3, -0.25) is 4.79 Å². The van der Waals surface area contributed by atoms with Gasteiger partial charge in [0.15, 0.2) is 0 Å². The molecule has 186 valence electrons. The van der Waals surface area contributed by atoms with E-state index in [0.717, 1.165) is 50.8 Å². The summed E-state index contributed by atoms with van der Waals surface area (Å²) in [5.41, 5.74) is 2.45. The lowest BCUT2D eigenvalue weighted by Crippen LogP contribution is -2.53. The van der Waals surface area contributed by atoms with Crippen molar-refractivity contribution in [1.82, 2.24) is 5.32 Å². The number of halogens is 1. The first-order chi connectivity index (χ1) is 15.4. The lowest BCUT2D eigenvalue weighted by Gasteiger charge is -2.57. The molecule has 1 aromatic heterocycles. The zero-order valence-electron chi connectivity index (χ0n) is 20.9. The Kier molecular flexibility index (Phi) is 8.77. The molecule has 1 aromatic rings. The van der Waals surface area contributed by atoms with Gasteiger partial charge in [-0.2, -0.15) is 0 Å². The second kappa shape index (κ2) is 11.0. The summed E-state index contributed by atoms with van der Waals surface area (Å²) in [7, 11) is 1.54. The monoisotopic (exact) mass is 477 g/mol. The van der Waals surface area contributed by atoms with Crippen molar-refractivity contribution in [3.05, 3.63) is 35.8 Å². The van der Waals surface area contributed by atoms with E-state index in [4.69, 9.17) is 9.15 Å². The Balaban J connectivity index is 0.00000306. The quantitative estimate of drug-likeness (QED) is 0.339. The van der Waals surface area contributed by atoms with Crippen LogP contribution in [0.25, 0.3) is 0 Å². The molecule has 0 radical (unpaired) electrons. The molecule has 0 saturated heterocycles. The Morgan fingerprint density at radius 2 is 1.94 bits per heavy atom. The highest BCUT2D eigenvalue weighted by atomic mass is 35.5. The number of esters is 1. The van der Waals surface area contributed by atoms with Crippen LogP contribution in [-0.4, -0.2) is 19.1 Å².